The van der Waals surface area contributed by atoms with Gasteiger partial charge >= 0.3 is 0 Å². The van der Waals surface area contributed by atoms with Crippen LogP contribution in [0.25, 0.3) is 10.8 Å². The summed E-state index contributed by atoms with van der Waals surface area (Å²) >= 11 is 0. The molecule has 0 saturated heterocycles. The number of nitrogens with one attached hydrogen (secondary N) is 2. The number of nitrogens with zero attached hydrogens (tertiary/aromatic N) is 3. The Morgan fingerprint density at radius 1 is 0.667 bits per heavy atom. The molecule has 0 aliphatic carbocycles. The van der Waals surface area contributed by atoms with Crippen molar-refractivity contribution in [3.8, 4) is 0 Å². The summed E-state index contributed by atoms with van der Waals surface area (Å²) in [5.74, 6) is 2.34. The van der Waals surface area contributed by atoms with E-state index in [1.807, 2.05) is 0 Å². The van der Waals surface area contributed by atoms with Gasteiger partial charge in [-0.2, -0.15) is 9.97 Å². The average Bonchev–Trinajstić information content (AvgIpc) is 2.78. The van der Waals surface area contributed by atoms with Crippen LogP contribution in [0.1, 0.15) is 93.2 Å². The minimum absolute atomic E-state index is 0.0216. The highest BCUT2D eigenvalue weighted by Crippen LogP contribution is 2.34. The molecule has 0 bridgehead atoms. The second kappa shape index (κ2) is 9.28. The molecule has 3 aromatic rings. The predicted molar refractivity (Wildman–Crippen MR) is 142 cm³/mol. The number of benzene rings is 2. The van der Waals surface area contributed by atoms with Crippen LogP contribution in [0.3, 0.4) is 0 Å². The highest BCUT2D eigenvalue weighted by molar-refractivity contribution is 6.02. The summed E-state index contributed by atoms with van der Waals surface area (Å²) in [5, 5.41) is 9.48. The number of hydrogen-bond donors (Lipinski definition) is 2. The molecule has 5 heteroatoms. The van der Waals surface area contributed by atoms with Gasteiger partial charge in [0.2, 0.25) is 5.95 Å². The molecule has 0 amide bonds. The lowest BCUT2D eigenvalue weighted by molar-refractivity contribution is 0.396. The van der Waals surface area contributed by atoms with Gasteiger partial charge in [-0.1, -0.05) is 65.8 Å². The van der Waals surface area contributed by atoms with Crippen molar-refractivity contribution in [1.82, 2.24) is 15.0 Å². The van der Waals surface area contributed by atoms with Crippen molar-refractivity contribution < 1.29 is 0 Å². The Bertz CT molecular complexity index is 1110. The summed E-state index contributed by atoms with van der Waals surface area (Å²) in [4.78, 5) is 14.8. The maximum atomic E-state index is 4.98. The maximum absolute atomic E-state index is 4.98. The minimum Gasteiger partial charge on any atom is -0.380 e. The van der Waals surface area contributed by atoms with Gasteiger partial charge in [-0.15, -0.1) is 0 Å². The van der Waals surface area contributed by atoms with Gasteiger partial charge in [0.1, 0.15) is 11.6 Å². The van der Waals surface area contributed by atoms with E-state index in [9.17, 15) is 0 Å². The van der Waals surface area contributed by atoms with E-state index in [4.69, 9.17) is 15.0 Å². The SMILES string of the molecule is CCC(C)(C)c1nc(Nc2cccc3c(NC(C)(C)C)cccc23)nc(C(C)(CC)CC)n1. The number of hydrogen-bond acceptors (Lipinski definition) is 5. The summed E-state index contributed by atoms with van der Waals surface area (Å²) in [6.07, 6.45) is 2.92. The van der Waals surface area contributed by atoms with Crippen LogP contribution in [0, 0.1) is 0 Å². The molecule has 33 heavy (non-hydrogen) atoms. The molecular formula is C28H41N5. The summed E-state index contributed by atoms with van der Waals surface area (Å²) in [6, 6.07) is 12.7. The third kappa shape index (κ3) is 5.45. The molecule has 2 aromatic carbocycles. The molecule has 0 aliphatic heterocycles. The van der Waals surface area contributed by atoms with Crippen LogP contribution >= 0.6 is 0 Å². The van der Waals surface area contributed by atoms with Gasteiger partial charge in [0, 0.05) is 38.5 Å². The second-order valence-corrected chi connectivity index (χ2v) is 11.0. The van der Waals surface area contributed by atoms with Crippen molar-refractivity contribution in [1.29, 1.82) is 0 Å². The first-order valence-corrected chi connectivity index (χ1v) is 12.3. The van der Waals surface area contributed by atoms with Gasteiger partial charge < -0.3 is 10.6 Å². The molecule has 5 nitrogen and oxygen atoms in total. The van der Waals surface area contributed by atoms with Crippen molar-refractivity contribution in [2.75, 3.05) is 10.6 Å². The van der Waals surface area contributed by atoms with Crippen molar-refractivity contribution in [3.63, 3.8) is 0 Å². The van der Waals surface area contributed by atoms with Gasteiger partial charge in [0.05, 0.1) is 0 Å². The van der Waals surface area contributed by atoms with Gasteiger partial charge in [-0.05, 0) is 52.2 Å². The third-order valence-electron chi connectivity index (χ3n) is 6.90. The largest absolute Gasteiger partial charge is 0.380 e. The number of anilines is 3. The number of aromatic nitrogens is 3. The van der Waals surface area contributed by atoms with Crippen LogP contribution in [-0.4, -0.2) is 20.5 Å². The summed E-state index contributed by atoms with van der Waals surface area (Å²) < 4.78 is 0. The zero-order chi connectivity index (χ0) is 24.4. The van der Waals surface area contributed by atoms with E-state index in [1.165, 1.54) is 5.39 Å². The average molecular weight is 448 g/mol. The fourth-order valence-electron chi connectivity index (χ4n) is 3.78. The molecule has 0 unspecified atom stereocenters. The highest BCUT2D eigenvalue weighted by Gasteiger charge is 2.30. The van der Waals surface area contributed by atoms with Crippen LogP contribution in [0.4, 0.5) is 17.3 Å². The van der Waals surface area contributed by atoms with E-state index >= 15 is 0 Å². The summed E-state index contributed by atoms with van der Waals surface area (Å²) in [7, 11) is 0. The molecule has 0 spiro atoms. The lowest BCUT2D eigenvalue weighted by Crippen LogP contribution is -2.28. The van der Waals surface area contributed by atoms with Crippen molar-refractivity contribution >= 4 is 28.1 Å². The van der Waals surface area contributed by atoms with Gasteiger partial charge in [0.15, 0.2) is 0 Å². The van der Waals surface area contributed by atoms with Crippen molar-refractivity contribution in [3.05, 3.63) is 48.0 Å². The van der Waals surface area contributed by atoms with E-state index in [0.29, 0.717) is 5.95 Å². The summed E-state index contributed by atoms with van der Waals surface area (Å²) in [5.41, 5.74) is 1.89. The Balaban J connectivity index is 2.13. The standard InChI is InChI=1S/C28H41N5/c1-10-27(7,8)23-30-24(28(9,11-2)12-3)32-25(31-23)29-21-17-13-16-20-19(21)15-14-18-22(20)33-26(4,5)6/h13-18,33H,10-12H2,1-9H3,(H,29,30,31,32). The molecular weight excluding hydrogens is 406 g/mol. The quantitative estimate of drug-likeness (QED) is 0.370. The third-order valence-corrected chi connectivity index (χ3v) is 6.90. The topological polar surface area (TPSA) is 62.7 Å². The van der Waals surface area contributed by atoms with Gasteiger partial charge in [-0.3, -0.25) is 0 Å². The highest BCUT2D eigenvalue weighted by atomic mass is 15.2. The molecule has 2 N–H and O–H groups in total. The first-order valence-electron chi connectivity index (χ1n) is 12.3. The van der Waals surface area contributed by atoms with Crippen LogP contribution in [0.5, 0.6) is 0 Å². The molecule has 1 aromatic heterocycles. The van der Waals surface area contributed by atoms with E-state index in [1.54, 1.807) is 0 Å². The van der Waals surface area contributed by atoms with E-state index in [0.717, 1.165) is 47.7 Å². The van der Waals surface area contributed by atoms with Gasteiger partial charge in [0.25, 0.3) is 0 Å². The Hall–Kier alpha value is -2.69. The smallest absolute Gasteiger partial charge is 0.230 e. The zero-order valence-electron chi connectivity index (χ0n) is 21.9. The molecule has 0 atom stereocenters. The fraction of sp³-hybridized carbons (Fsp3) is 0.536. The van der Waals surface area contributed by atoms with Gasteiger partial charge in [-0.25, -0.2) is 4.98 Å². The first-order chi connectivity index (χ1) is 15.4. The van der Waals surface area contributed by atoms with E-state index < -0.39 is 0 Å². The predicted octanol–water partition coefficient (Wildman–Crippen LogP) is 7.74. The van der Waals surface area contributed by atoms with Crippen LogP contribution in [0.15, 0.2) is 36.4 Å². The monoisotopic (exact) mass is 447 g/mol. The number of rotatable bonds is 8. The molecule has 178 valence electrons. The Kier molecular flexibility index (Phi) is 7.01. The van der Waals surface area contributed by atoms with Crippen LogP contribution < -0.4 is 10.6 Å². The van der Waals surface area contributed by atoms with Crippen molar-refractivity contribution in [2.45, 2.75) is 97.9 Å². The Labute approximate surface area is 199 Å². The van der Waals surface area contributed by atoms with E-state index in [2.05, 4.69) is 109 Å². The zero-order valence-corrected chi connectivity index (χ0v) is 21.9. The molecule has 3 rings (SSSR count). The molecule has 0 fully saturated rings. The normalized spacial score (nSPS) is 12.8. The molecule has 0 radical (unpaired) electrons. The van der Waals surface area contributed by atoms with E-state index in [-0.39, 0.29) is 16.4 Å². The minimum atomic E-state index is -0.126. The lowest BCUT2D eigenvalue weighted by atomic mass is 9.83. The lowest BCUT2D eigenvalue weighted by Gasteiger charge is -2.28. The Morgan fingerprint density at radius 2 is 1.21 bits per heavy atom. The summed E-state index contributed by atoms with van der Waals surface area (Å²) in [6.45, 7) is 19.8. The Morgan fingerprint density at radius 3 is 1.76 bits per heavy atom. The van der Waals surface area contributed by atoms with Crippen LogP contribution in [0.2, 0.25) is 0 Å². The van der Waals surface area contributed by atoms with Crippen molar-refractivity contribution in [2.24, 2.45) is 0 Å². The fourth-order valence-corrected chi connectivity index (χ4v) is 3.78. The maximum Gasteiger partial charge on any atom is 0.230 e. The molecule has 1 heterocycles. The van der Waals surface area contributed by atoms with Crippen LogP contribution in [-0.2, 0) is 10.8 Å². The second-order valence-electron chi connectivity index (χ2n) is 11.0. The number of fused-ring (bicyclic) bond motifs is 1. The molecule has 0 aliphatic rings. The molecule has 0 saturated carbocycles. The first kappa shape index (κ1) is 24.9.